The van der Waals surface area contributed by atoms with Crippen LogP contribution in [-0.2, 0) is 17.8 Å². The van der Waals surface area contributed by atoms with Crippen molar-refractivity contribution in [3.05, 3.63) is 83.1 Å². The molecule has 0 spiro atoms. The third-order valence-corrected chi connectivity index (χ3v) is 5.91. The number of hydrogen-bond donors (Lipinski definition) is 1. The molecule has 0 radical (unpaired) electrons. The number of benzene rings is 3. The van der Waals surface area contributed by atoms with Gasteiger partial charge in [0.25, 0.3) is 0 Å². The molecule has 0 aliphatic rings. The minimum absolute atomic E-state index is 0.110. The molecule has 1 unspecified atom stereocenters. The van der Waals surface area contributed by atoms with Gasteiger partial charge >= 0.3 is 0 Å². The number of carbonyl (C=O) groups excluding carboxylic acids is 1. The minimum atomic E-state index is -0.300. The van der Waals surface area contributed by atoms with E-state index in [9.17, 15) is 4.79 Å². The molecule has 1 atom stereocenters. The number of hydrogen-bond acceptors (Lipinski definition) is 5. The zero-order chi connectivity index (χ0) is 24.8. The molecule has 1 aromatic heterocycles. The van der Waals surface area contributed by atoms with Crippen molar-refractivity contribution in [2.75, 3.05) is 20.8 Å². The number of fused-ring (bicyclic) bond motifs is 1. The summed E-state index contributed by atoms with van der Waals surface area (Å²) < 4.78 is 18.6. The van der Waals surface area contributed by atoms with Crippen molar-refractivity contribution in [2.24, 2.45) is 0 Å². The van der Waals surface area contributed by atoms with Crippen LogP contribution in [0.3, 0.4) is 0 Å². The van der Waals surface area contributed by atoms with E-state index in [2.05, 4.69) is 9.88 Å². The maximum atomic E-state index is 12.8. The minimum Gasteiger partial charge on any atom is -0.493 e. The quantitative estimate of drug-likeness (QED) is 0.328. The van der Waals surface area contributed by atoms with Gasteiger partial charge in [-0.3, -0.25) is 4.79 Å². The molecule has 35 heavy (non-hydrogen) atoms. The van der Waals surface area contributed by atoms with E-state index in [1.165, 1.54) is 0 Å². The zero-order valence-corrected chi connectivity index (χ0v) is 20.7. The second-order valence-corrected chi connectivity index (χ2v) is 8.50. The number of amides is 1. The number of nitrogens with zero attached hydrogens (tertiary/aromatic N) is 2. The fourth-order valence-electron chi connectivity index (χ4n) is 3.98. The Morgan fingerprint density at radius 2 is 1.77 bits per heavy atom. The van der Waals surface area contributed by atoms with E-state index in [1.807, 2.05) is 55.5 Å². The van der Waals surface area contributed by atoms with Gasteiger partial charge in [0.05, 0.1) is 44.3 Å². The average Bonchev–Trinajstić information content (AvgIpc) is 3.24. The first-order valence-electron chi connectivity index (χ1n) is 11.3. The Morgan fingerprint density at radius 3 is 2.51 bits per heavy atom. The zero-order valence-electron chi connectivity index (χ0n) is 20.0. The third-order valence-electron chi connectivity index (χ3n) is 5.66. The molecule has 0 aliphatic carbocycles. The molecule has 7 nitrogen and oxygen atoms in total. The highest BCUT2D eigenvalue weighted by molar-refractivity contribution is 6.30. The van der Waals surface area contributed by atoms with Gasteiger partial charge in [0, 0.05) is 5.02 Å². The molecule has 4 rings (SSSR count). The lowest BCUT2D eigenvalue weighted by Gasteiger charge is -2.17. The Kier molecular flexibility index (Phi) is 7.77. The van der Waals surface area contributed by atoms with Crippen molar-refractivity contribution >= 4 is 28.5 Å². The molecule has 3 aromatic carbocycles. The lowest BCUT2D eigenvalue weighted by Crippen LogP contribution is -2.30. The van der Waals surface area contributed by atoms with Crippen LogP contribution in [0.15, 0.2) is 66.7 Å². The van der Waals surface area contributed by atoms with Crippen molar-refractivity contribution in [1.29, 1.82) is 0 Å². The van der Waals surface area contributed by atoms with E-state index >= 15 is 0 Å². The van der Waals surface area contributed by atoms with Gasteiger partial charge in [-0.1, -0.05) is 29.8 Å². The molecule has 0 fully saturated rings. The van der Waals surface area contributed by atoms with Crippen molar-refractivity contribution in [3.8, 4) is 17.2 Å². The van der Waals surface area contributed by atoms with Crippen molar-refractivity contribution in [2.45, 2.75) is 25.9 Å². The van der Waals surface area contributed by atoms with Crippen LogP contribution in [0.4, 0.5) is 0 Å². The highest BCUT2D eigenvalue weighted by Crippen LogP contribution is 2.28. The standard InChI is InChI=1S/C27H28ClN3O4/c1-18(29-26(32)17-19-8-13-24(33-2)25(16-19)34-3)27-30-22-6-4-5-7-23(22)31(27)14-15-35-21-11-9-20(28)10-12-21/h4-13,16,18H,14-15,17H2,1-3H3,(H,29,32). The summed E-state index contributed by atoms with van der Waals surface area (Å²) in [5, 5.41) is 3.74. The first-order valence-corrected chi connectivity index (χ1v) is 11.7. The molecular formula is C27H28ClN3O4. The maximum absolute atomic E-state index is 12.8. The monoisotopic (exact) mass is 493 g/mol. The maximum Gasteiger partial charge on any atom is 0.224 e. The summed E-state index contributed by atoms with van der Waals surface area (Å²) in [4.78, 5) is 17.6. The van der Waals surface area contributed by atoms with Gasteiger partial charge in [-0.05, 0) is 61.0 Å². The molecule has 182 valence electrons. The van der Waals surface area contributed by atoms with Crippen LogP contribution in [-0.4, -0.2) is 36.3 Å². The summed E-state index contributed by atoms with van der Waals surface area (Å²) in [7, 11) is 3.16. The number of halogens is 1. The number of carbonyl (C=O) groups is 1. The number of imidazole rings is 1. The summed E-state index contributed by atoms with van der Waals surface area (Å²) in [6, 6.07) is 20.4. The van der Waals surface area contributed by atoms with Crippen LogP contribution in [0.5, 0.6) is 17.2 Å². The van der Waals surface area contributed by atoms with Crippen molar-refractivity contribution < 1.29 is 19.0 Å². The van der Waals surface area contributed by atoms with Crippen LogP contribution < -0.4 is 19.5 Å². The summed E-state index contributed by atoms with van der Waals surface area (Å²) >= 11 is 5.95. The Bertz CT molecular complexity index is 1300. The van der Waals surface area contributed by atoms with E-state index in [-0.39, 0.29) is 18.4 Å². The predicted molar refractivity (Wildman–Crippen MR) is 136 cm³/mol. The SMILES string of the molecule is COc1ccc(CC(=O)NC(C)c2nc3ccccc3n2CCOc2ccc(Cl)cc2)cc1OC. The van der Waals surface area contributed by atoms with E-state index in [1.54, 1.807) is 32.4 Å². The molecule has 4 aromatic rings. The second kappa shape index (κ2) is 11.1. The van der Waals surface area contributed by atoms with E-state index in [0.29, 0.717) is 29.7 Å². The number of nitrogens with one attached hydrogen (secondary N) is 1. The van der Waals surface area contributed by atoms with Gasteiger partial charge in [0.1, 0.15) is 18.2 Å². The molecule has 0 saturated heterocycles. The number of ether oxygens (including phenoxy) is 3. The smallest absolute Gasteiger partial charge is 0.224 e. The molecule has 0 bridgehead atoms. The molecule has 0 aliphatic heterocycles. The normalized spacial score (nSPS) is 11.8. The summed E-state index contributed by atoms with van der Waals surface area (Å²) in [5.74, 6) is 2.62. The van der Waals surface area contributed by atoms with Gasteiger partial charge in [-0.25, -0.2) is 4.98 Å². The topological polar surface area (TPSA) is 74.6 Å². The summed E-state index contributed by atoms with van der Waals surface area (Å²) in [6.45, 7) is 2.96. The highest BCUT2D eigenvalue weighted by atomic mass is 35.5. The van der Waals surface area contributed by atoms with Crippen LogP contribution >= 0.6 is 11.6 Å². The number of para-hydroxylation sites is 2. The van der Waals surface area contributed by atoms with Crippen molar-refractivity contribution in [1.82, 2.24) is 14.9 Å². The first kappa shape index (κ1) is 24.4. The first-order chi connectivity index (χ1) is 17.0. The van der Waals surface area contributed by atoms with Gasteiger partial charge in [-0.2, -0.15) is 0 Å². The van der Waals surface area contributed by atoms with Crippen LogP contribution in [0.25, 0.3) is 11.0 Å². The molecule has 1 heterocycles. The van der Waals surface area contributed by atoms with Gasteiger partial charge in [0.15, 0.2) is 11.5 Å². The van der Waals surface area contributed by atoms with E-state index < -0.39 is 0 Å². The fourth-order valence-corrected chi connectivity index (χ4v) is 4.10. The van der Waals surface area contributed by atoms with Crippen molar-refractivity contribution in [3.63, 3.8) is 0 Å². The van der Waals surface area contributed by atoms with Gasteiger partial charge in [-0.15, -0.1) is 0 Å². The highest BCUT2D eigenvalue weighted by Gasteiger charge is 2.19. The molecule has 0 saturated carbocycles. The van der Waals surface area contributed by atoms with Crippen LogP contribution in [0.2, 0.25) is 5.02 Å². The van der Waals surface area contributed by atoms with Crippen LogP contribution in [0.1, 0.15) is 24.4 Å². The number of aromatic nitrogens is 2. The molecule has 8 heteroatoms. The third kappa shape index (κ3) is 5.87. The molecule has 1 amide bonds. The fraction of sp³-hybridized carbons (Fsp3) is 0.259. The largest absolute Gasteiger partial charge is 0.493 e. The second-order valence-electron chi connectivity index (χ2n) is 8.07. The Labute approximate surface area is 209 Å². The molecule has 1 N–H and O–H groups in total. The lowest BCUT2D eigenvalue weighted by atomic mass is 10.1. The Hall–Kier alpha value is -3.71. The Balaban J connectivity index is 1.47. The van der Waals surface area contributed by atoms with Gasteiger partial charge < -0.3 is 24.1 Å². The number of rotatable bonds is 10. The van der Waals surface area contributed by atoms with E-state index in [0.717, 1.165) is 28.2 Å². The van der Waals surface area contributed by atoms with E-state index in [4.69, 9.17) is 30.8 Å². The van der Waals surface area contributed by atoms with Crippen LogP contribution in [0, 0.1) is 0 Å². The predicted octanol–water partition coefficient (Wildman–Crippen LogP) is 5.21. The number of methoxy groups -OCH3 is 2. The Morgan fingerprint density at radius 1 is 1.03 bits per heavy atom. The summed E-state index contributed by atoms with van der Waals surface area (Å²) in [6.07, 6.45) is 0.213. The lowest BCUT2D eigenvalue weighted by molar-refractivity contribution is -0.121. The average molecular weight is 494 g/mol. The molecular weight excluding hydrogens is 466 g/mol. The van der Waals surface area contributed by atoms with Gasteiger partial charge in [0.2, 0.25) is 5.91 Å². The summed E-state index contributed by atoms with van der Waals surface area (Å²) in [5.41, 5.74) is 2.69.